The van der Waals surface area contributed by atoms with Crippen LogP contribution < -0.4 is 85.7 Å². The van der Waals surface area contributed by atoms with Gasteiger partial charge in [0.1, 0.15) is 60.8 Å². The monoisotopic (exact) mass is 1700 g/mol. The van der Waals surface area contributed by atoms with Gasteiger partial charge in [0.25, 0.3) is 0 Å². The van der Waals surface area contributed by atoms with E-state index in [9.17, 15) is 66.0 Å². The number of hydrogen-bond acceptors (Lipinski definition) is 23. The fourth-order valence-corrected chi connectivity index (χ4v) is 14.1. The highest BCUT2D eigenvalue weighted by Gasteiger charge is 2.36. The van der Waals surface area contributed by atoms with E-state index < -0.39 is 155 Å². The molecule has 2 aromatic heterocycles. The van der Waals surface area contributed by atoms with Crippen molar-refractivity contribution in [2.75, 3.05) is 64.9 Å². The minimum atomic E-state index is -3.94. The van der Waals surface area contributed by atoms with Crippen LogP contribution in [0.1, 0.15) is 197 Å². The molecule has 2 aliphatic rings. The molecule has 1 saturated heterocycles. The molecule has 120 heavy (non-hydrogen) atoms. The van der Waals surface area contributed by atoms with Crippen molar-refractivity contribution in [2.45, 2.75) is 248 Å². The Morgan fingerprint density at radius 1 is 0.675 bits per heavy atom. The van der Waals surface area contributed by atoms with Gasteiger partial charge >= 0.3 is 0 Å². The lowest BCUT2D eigenvalue weighted by Gasteiger charge is -2.28. The fraction of sp³-hybridized carbons (Fsp3) is 0.613. The lowest BCUT2D eigenvalue weighted by atomic mass is 9.98. The van der Waals surface area contributed by atoms with Crippen LogP contribution in [0.25, 0.3) is 0 Å². The molecule has 4 heterocycles. The van der Waals surface area contributed by atoms with Crippen LogP contribution in [0.4, 0.5) is 0 Å². The van der Waals surface area contributed by atoms with Gasteiger partial charge < -0.3 is 95.5 Å². The number of amides is 12. The van der Waals surface area contributed by atoms with Crippen molar-refractivity contribution in [1.29, 1.82) is 5.41 Å². The maximum absolute atomic E-state index is 14.8. The zero-order valence-corrected chi connectivity index (χ0v) is 69.8. The number of guanidine groups is 1. The molecule has 0 bridgehead atoms. The van der Waals surface area contributed by atoms with Crippen LogP contribution in [0, 0.1) is 5.41 Å². The number of tetrazole rings is 1. The Balaban J connectivity index is 1.16. The summed E-state index contributed by atoms with van der Waals surface area (Å²) < 4.78 is 38.4. The number of aryl methyl sites for hydroxylation is 1. The van der Waals surface area contributed by atoms with Crippen molar-refractivity contribution >= 4 is 86.9 Å². The Morgan fingerprint density at radius 2 is 1.33 bits per heavy atom. The number of nitrogens with zero attached hydrogens (tertiary/aromatic N) is 4. The van der Waals surface area contributed by atoms with Crippen LogP contribution in [0.5, 0.6) is 0 Å². The van der Waals surface area contributed by atoms with Gasteiger partial charge in [0.05, 0.1) is 37.6 Å². The quantitative estimate of drug-likeness (QED) is 0.0204. The second-order valence-corrected chi connectivity index (χ2v) is 31.5. The number of sulfonamides is 1. The molecule has 22 N–H and O–H groups in total. The van der Waals surface area contributed by atoms with Crippen molar-refractivity contribution in [3.8, 4) is 0 Å². The Kier molecular flexibility index (Phi) is 48.1. The van der Waals surface area contributed by atoms with Crippen molar-refractivity contribution in [2.24, 2.45) is 17.2 Å². The van der Waals surface area contributed by atoms with E-state index in [1.165, 1.54) is 57.5 Å². The molecule has 664 valence electrons. The van der Waals surface area contributed by atoms with Crippen LogP contribution >= 0.6 is 0 Å². The molecular weight excluding hydrogens is 1570 g/mol. The van der Waals surface area contributed by atoms with Gasteiger partial charge in [-0.15, -0.1) is 5.10 Å². The number of nitrogens with one attached hydrogen (secondary N) is 16. The average Bonchev–Trinajstić information content (AvgIpc) is 1.20. The molecule has 0 radical (unpaired) electrons. The molecule has 5 rings (SSSR count). The molecular formula is C80H127N23O16S. The van der Waals surface area contributed by atoms with E-state index in [4.69, 9.17) is 32.1 Å². The second kappa shape index (κ2) is 58.0. The van der Waals surface area contributed by atoms with E-state index in [1.54, 1.807) is 54.8 Å². The SMILES string of the molecule is C=C1/C=C\C=C/CN/C=C\1C[C@@H]1NC(=O)[C@H](CCCNC(=N)N)NC(=O)[C@@H](Cc2ccccc2)NC(=O)[C@H](CN)NC(=O)[C@@H](NC(=O)[C@H](CCCC)NC(=O)[C@H](Cc2c[nH]cn2)NC(=O)COCCOCCNC(=O)CCCS(=O)(=O)NC(=O)CCCCCCCCCCCCCCCc2nnn[nH]2)CCC(=O)NCCCC[C@@H](C(N)=O)NC1=O. The molecule has 1 aromatic carbocycles. The molecule has 8 atom stereocenters. The van der Waals surface area contributed by atoms with Gasteiger partial charge in [-0.3, -0.25) is 67.7 Å². The summed E-state index contributed by atoms with van der Waals surface area (Å²) in [5.41, 5.74) is 19.5. The minimum absolute atomic E-state index is 0.00889. The van der Waals surface area contributed by atoms with Gasteiger partial charge in [-0.05, 0) is 91.3 Å². The molecule has 0 saturated carbocycles. The van der Waals surface area contributed by atoms with E-state index in [1.807, 2.05) is 13.0 Å². The predicted octanol–water partition coefficient (Wildman–Crippen LogP) is 0.190. The molecule has 0 aliphatic carbocycles. The maximum Gasteiger partial charge on any atom is 0.246 e. The van der Waals surface area contributed by atoms with E-state index in [-0.39, 0.29) is 129 Å². The summed E-state index contributed by atoms with van der Waals surface area (Å²) >= 11 is 0. The average molecular weight is 1700 g/mol. The highest BCUT2D eigenvalue weighted by molar-refractivity contribution is 7.90. The summed E-state index contributed by atoms with van der Waals surface area (Å²) in [6, 6.07) is -3.06. The number of benzene rings is 1. The number of aromatic nitrogens is 6. The standard InChI is InChI=1S/C80H127N23O16S/c1-3-4-31-60(93-78(114)65(49-58-52-86-54-90-58)91-71(107)53-119-45-44-118-43-42-88-68(104)36-27-46-120(116,117)101-70(106)35-22-15-13-11-9-7-5-6-8-10-12-14-21-34-67-99-102-103-100-67)73(109)95-62-37-38-69(105)87-40-25-23-32-59(72(82)108)92-77(113)64(48-57-51-85-39-24-17-18-28-55(57)2)97-74(110)61(33-26-41-89-80(83)84)94-76(112)63(47-56-29-19-16-20-30-56)96-79(115)66(50-81)98-75(62)111/h16-20,24,28-30,51-52,54,59-66,85H,2-15,21-23,25-27,31-50,53,81H2,1H3,(H2,82,108)(H,86,90)(H,87,105)(H,88,104)(H,91,107)(H,92,113)(H,93,114)(H,94,112)(H,95,109)(H,96,115)(H,97,110)(H,98,111)(H,101,106)(H4,83,84,89)(H,99,100,102,103)/b24-17-,28-18-,57-51-/t59-,60-,61-,62-,63+,64-,65-,66-/m0/s1. The lowest BCUT2D eigenvalue weighted by Crippen LogP contribution is -2.61. The number of H-pyrrole nitrogens is 2. The predicted molar refractivity (Wildman–Crippen MR) is 447 cm³/mol. The number of carbonyl (C=O) groups excluding carboxylic acids is 12. The zero-order valence-electron chi connectivity index (χ0n) is 69.0. The zero-order chi connectivity index (χ0) is 87.1. The van der Waals surface area contributed by atoms with Crippen molar-refractivity contribution in [3.05, 3.63) is 108 Å². The molecule has 40 heteroatoms. The molecule has 3 aromatic rings. The third-order valence-electron chi connectivity index (χ3n) is 19.7. The summed E-state index contributed by atoms with van der Waals surface area (Å²) in [5.74, 6) is -9.42. The van der Waals surface area contributed by atoms with Crippen molar-refractivity contribution in [3.63, 3.8) is 0 Å². The van der Waals surface area contributed by atoms with Crippen LogP contribution in [0.3, 0.4) is 0 Å². The van der Waals surface area contributed by atoms with E-state index in [0.717, 1.165) is 44.3 Å². The molecule has 2 aliphatic heterocycles. The number of unbranched alkanes of at least 4 members (excludes halogenated alkanes) is 13. The molecule has 1 fully saturated rings. The van der Waals surface area contributed by atoms with Gasteiger partial charge in [-0.2, -0.15) is 0 Å². The molecule has 0 spiro atoms. The van der Waals surface area contributed by atoms with Crippen molar-refractivity contribution in [1.82, 2.24) is 99.1 Å². The second-order valence-electron chi connectivity index (χ2n) is 29.7. The topological polar surface area (TPSA) is 599 Å². The smallest absolute Gasteiger partial charge is 0.246 e. The number of imidazole rings is 1. The summed E-state index contributed by atoms with van der Waals surface area (Å²) in [6.07, 6.45) is 26.6. The number of allylic oxidation sites excluding steroid dienone is 4. The number of nitrogens with two attached hydrogens (primary N) is 3. The number of ether oxygens (including phenoxy) is 2. The molecule has 39 nitrogen and oxygen atoms in total. The van der Waals surface area contributed by atoms with E-state index in [2.05, 4.69) is 106 Å². The molecule has 0 unspecified atom stereocenters. The van der Waals surface area contributed by atoms with Gasteiger partial charge in [0.2, 0.25) is 80.9 Å². The number of aromatic amines is 2. The normalized spacial score (nSPS) is 19.7. The first-order valence-electron chi connectivity index (χ1n) is 41.7. The Morgan fingerprint density at radius 3 is 2.01 bits per heavy atom. The third kappa shape index (κ3) is 42.6. The first-order valence-corrected chi connectivity index (χ1v) is 43.4. The maximum atomic E-state index is 14.8. The minimum Gasteiger partial charge on any atom is -0.387 e. The Labute approximate surface area is 701 Å². The van der Waals surface area contributed by atoms with Gasteiger partial charge in [-0.1, -0.05) is 152 Å². The van der Waals surface area contributed by atoms with Crippen LogP contribution in [-0.4, -0.2) is 229 Å². The summed E-state index contributed by atoms with van der Waals surface area (Å²) in [5, 5.41) is 54.1. The lowest BCUT2D eigenvalue weighted by molar-refractivity contribution is -0.136. The summed E-state index contributed by atoms with van der Waals surface area (Å²) in [7, 11) is -3.94. The summed E-state index contributed by atoms with van der Waals surface area (Å²) in [4.78, 5) is 174. The largest absolute Gasteiger partial charge is 0.387 e. The van der Waals surface area contributed by atoms with Crippen molar-refractivity contribution < 1.29 is 75.4 Å². The first-order chi connectivity index (χ1) is 57.8. The van der Waals surface area contributed by atoms with Crippen LogP contribution in [-0.2, 0) is 96.3 Å². The number of hydrogen-bond donors (Lipinski definition) is 19. The fourth-order valence-electron chi connectivity index (χ4n) is 13.0. The molecule has 12 amide bonds. The number of rotatable bonds is 49. The van der Waals surface area contributed by atoms with Gasteiger partial charge in [0, 0.05) is 90.1 Å². The Hall–Kier alpha value is -11.0. The number of carbonyl (C=O) groups is 12. The third-order valence-corrected chi connectivity index (χ3v) is 21.1. The van der Waals surface area contributed by atoms with Crippen LogP contribution in [0.2, 0.25) is 0 Å². The first kappa shape index (κ1) is 99.6. The van der Waals surface area contributed by atoms with Gasteiger partial charge in [-0.25, -0.2) is 18.5 Å². The van der Waals surface area contributed by atoms with Crippen LogP contribution in [0.15, 0.2) is 91.1 Å². The van der Waals surface area contributed by atoms with Gasteiger partial charge in [0.15, 0.2) is 5.96 Å². The summed E-state index contributed by atoms with van der Waals surface area (Å²) in [6.45, 7) is 5.40. The van der Waals surface area contributed by atoms with E-state index in [0.29, 0.717) is 48.2 Å². The van der Waals surface area contributed by atoms with E-state index >= 15 is 0 Å². The number of primary amides is 1. The highest BCUT2D eigenvalue weighted by atomic mass is 32.2. The Bertz CT molecular complexity index is 3910. The highest BCUT2D eigenvalue weighted by Crippen LogP contribution is 2.20.